The van der Waals surface area contributed by atoms with Crippen LogP contribution in [0.2, 0.25) is 0 Å². The molecule has 25 heavy (non-hydrogen) atoms. The van der Waals surface area contributed by atoms with Gasteiger partial charge in [0.1, 0.15) is 11.5 Å². The summed E-state index contributed by atoms with van der Waals surface area (Å²) in [7, 11) is 0. The number of aromatic nitrogens is 2. The highest BCUT2D eigenvalue weighted by Gasteiger charge is 2.19. The van der Waals surface area contributed by atoms with Crippen molar-refractivity contribution < 1.29 is 14.3 Å². The van der Waals surface area contributed by atoms with E-state index in [-0.39, 0.29) is 12.7 Å². The first-order chi connectivity index (χ1) is 12.3. The van der Waals surface area contributed by atoms with Gasteiger partial charge >= 0.3 is 0 Å². The predicted molar refractivity (Wildman–Crippen MR) is 91.7 cm³/mol. The SMILES string of the molecule is O=C(c1cnc(NCc2ccc3c(c2)OCO3)cn1)N1CCCCC1. The molecule has 0 radical (unpaired) electrons. The van der Waals surface area contributed by atoms with Crippen molar-refractivity contribution >= 4 is 11.7 Å². The third kappa shape index (κ3) is 3.50. The van der Waals surface area contributed by atoms with Crippen LogP contribution in [0.25, 0.3) is 0 Å². The van der Waals surface area contributed by atoms with Gasteiger partial charge in [0.15, 0.2) is 11.5 Å². The number of carbonyl (C=O) groups is 1. The maximum Gasteiger partial charge on any atom is 0.274 e. The molecule has 2 aliphatic rings. The number of nitrogens with one attached hydrogen (secondary N) is 1. The van der Waals surface area contributed by atoms with Gasteiger partial charge in [-0.2, -0.15) is 0 Å². The minimum absolute atomic E-state index is 0.0329. The third-order valence-electron chi connectivity index (χ3n) is 4.42. The molecule has 1 N–H and O–H groups in total. The van der Waals surface area contributed by atoms with Gasteiger partial charge < -0.3 is 19.7 Å². The van der Waals surface area contributed by atoms with E-state index in [4.69, 9.17) is 9.47 Å². The third-order valence-corrected chi connectivity index (χ3v) is 4.42. The minimum Gasteiger partial charge on any atom is -0.454 e. The van der Waals surface area contributed by atoms with Crippen molar-refractivity contribution in [3.05, 3.63) is 41.9 Å². The maximum absolute atomic E-state index is 12.4. The Morgan fingerprint density at radius 3 is 2.72 bits per heavy atom. The Morgan fingerprint density at radius 2 is 1.92 bits per heavy atom. The average molecular weight is 340 g/mol. The van der Waals surface area contributed by atoms with Gasteiger partial charge in [0, 0.05) is 19.6 Å². The highest BCUT2D eigenvalue weighted by atomic mass is 16.7. The van der Waals surface area contributed by atoms with E-state index < -0.39 is 0 Å². The van der Waals surface area contributed by atoms with Crippen LogP contribution in [0, 0.1) is 0 Å². The van der Waals surface area contributed by atoms with Gasteiger partial charge in [0.05, 0.1) is 12.4 Å². The van der Waals surface area contributed by atoms with E-state index in [0.717, 1.165) is 43.0 Å². The second-order valence-corrected chi connectivity index (χ2v) is 6.18. The summed E-state index contributed by atoms with van der Waals surface area (Å²) in [5, 5.41) is 3.20. The zero-order valence-corrected chi connectivity index (χ0v) is 13.9. The van der Waals surface area contributed by atoms with Crippen LogP contribution in [0.3, 0.4) is 0 Å². The molecule has 7 nitrogen and oxygen atoms in total. The predicted octanol–water partition coefficient (Wildman–Crippen LogP) is 2.44. The van der Waals surface area contributed by atoms with E-state index in [1.165, 1.54) is 6.42 Å². The van der Waals surface area contributed by atoms with Crippen LogP contribution in [0.4, 0.5) is 5.82 Å². The van der Waals surface area contributed by atoms with Crippen molar-refractivity contribution in [1.82, 2.24) is 14.9 Å². The fourth-order valence-electron chi connectivity index (χ4n) is 3.03. The lowest BCUT2D eigenvalue weighted by atomic mass is 10.1. The van der Waals surface area contributed by atoms with Crippen LogP contribution < -0.4 is 14.8 Å². The van der Waals surface area contributed by atoms with E-state index in [1.54, 1.807) is 12.4 Å². The Hall–Kier alpha value is -2.83. The minimum atomic E-state index is -0.0329. The number of nitrogens with zero attached hydrogens (tertiary/aromatic N) is 3. The lowest BCUT2D eigenvalue weighted by Crippen LogP contribution is -2.36. The van der Waals surface area contributed by atoms with Crippen molar-refractivity contribution in [2.45, 2.75) is 25.8 Å². The Labute approximate surface area is 146 Å². The Morgan fingerprint density at radius 1 is 1.08 bits per heavy atom. The molecule has 0 bridgehead atoms. The molecule has 2 aliphatic heterocycles. The summed E-state index contributed by atoms with van der Waals surface area (Å²) in [6.07, 6.45) is 6.46. The molecule has 1 aromatic heterocycles. The van der Waals surface area contributed by atoms with Gasteiger partial charge in [-0.05, 0) is 37.0 Å². The highest BCUT2D eigenvalue weighted by Crippen LogP contribution is 2.32. The summed E-state index contributed by atoms with van der Waals surface area (Å²) in [5.74, 6) is 2.12. The van der Waals surface area contributed by atoms with Crippen molar-refractivity contribution in [3.8, 4) is 11.5 Å². The van der Waals surface area contributed by atoms with Crippen LogP contribution in [0.1, 0.15) is 35.3 Å². The van der Waals surface area contributed by atoms with Gasteiger partial charge in [-0.25, -0.2) is 9.97 Å². The number of ether oxygens (including phenoxy) is 2. The van der Waals surface area contributed by atoms with Gasteiger partial charge in [-0.3, -0.25) is 4.79 Å². The Balaban J connectivity index is 1.36. The highest BCUT2D eigenvalue weighted by molar-refractivity contribution is 5.92. The summed E-state index contributed by atoms with van der Waals surface area (Å²) in [6, 6.07) is 5.81. The first-order valence-corrected chi connectivity index (χ1v) is 8.53. The molecule has 0 spiro atoms. The fourth-order valence-corrected chi connectivity index (χ4v) is 3.03. The van der Waals surface area contributed by atoms with Crippen LogP contribution in [-0.4, -0.2) is 40.7 Å². The van der Waals surface area contributed by atoms with E-state index in [2.05, 4.69) is 15.3 Å². The molecule has 1 aromatic carbocycles. The lowest BCUT2D eigenvalue weighted by Gasteiger charge is -2.26. The maximum atomic E-state index is 12.4. The van der Waals surface area contributed by atoms with Crippen molar-refractivity contribution in [3.63, 3.8) is 0 Å². The number of fused-ring (bicyclic) bond motifs is 1. The number of likely N-dealkylation sites (tertiary alicyclic amines) is 1. The smallest absolute Gasteiger partial charge is 0.274 e. The summed E-state index contributed by atoms with van der Waals surface area (Å²) in [5.41, 5.74) is 1.45. The molecular formula is C18H20N4O3. The van der Waals surface area contributed by atoms with Gasteiger partial charge in [-0.15, -0.1) is 0 Å². The number of benzene rings is 1. The number of carbonyl (C=O) groups excluding carboxylic acids is 1. The van der Waals surface area contributed by atoms with Gasteiger partial charge in [0.2, 0.25) is 6.79 Å². The summed E-state index contributed by atoms with van der Waals surface area (Å²) in [4.78, 5) is 22.8. The molecule has 1 fully saturated rings. The monoisotopic (exact) mass is 340 g/mol. The second-order valence-electron chi connectivity index (χ2n) is 6.18. The quantitative estimate of drug-likeness (QED) is 0.921. The zero-order chi connectivity index (χ0) is 17.1. The molecule has 1 saturated heterocycles. The number of piperidine rings is 1. The van der Waals surface area contributed by atoms with Gasteiger partial charge in [-0.1, -0.05) is 6.07 Å². The summed E-state index contributed by atoms with van der Waals surface area (Å²) < 4.78 is 10.7. The van der Waals surface area contributed by atoms with E-state index in [1.807, 2.05) is 23.1 Å². The fraction of sp³-hybridized carbons (Fsp3) is 0.389. The molecule has 0 saturated carbocycles. The second kappa shape index (κ2) is 6.96. The van der Waals surface area contributed by atoms with Crippen LogP contribution in [0.5, 0.6) is 11.5 Å². The number of anilines is 1. The number of rotatable bonds is 4. The van der Waals surface area contributed by atoms with Crippen LogP contribution >= 0.6 is 0 Å². The largest absolute Gasteiger partial charge is 0.454 e. The average Bonchev–Trinajstić information content (AvgIpc) is 3.15. The lowest BCUT2D eigenvalue weighted by molar-refractivity contribution is 0.0718. The zero-order valence-electron chi connectivity index (χ0n) is 13.9. The molecule has 1 amide bonds. The molecular weight excluding hydrogens is 320 g/mol. The van der Waals surface area contributed by atoms with Crippen LogP contribution in [-0.2, 0) is 6.54 Å². The number of hydrogen-bond acceptors (Lipinski definition) is 6. The topological polar surface area (TPSA) is 76.6 Å². The Bertz CT molecular complexity index is 757. The normalized spacial score (nSPS) is 15.9. The van der Waals surface area contributed by atoms with Crippen molar-refractivity contribution in [2.24, 2.45) is 0 Å². The standard InChI is InChI=1S/C18H20N4O3/c23-18(22-6-2-1-3-7-22)14-10-21-17(11-19-14)20-9-13-4-5-15-16(8-13)25-12-24-15/h4-5,8,10-11H,1-3,6-7,9,12H2,(H,20,21). The molecule has 2 aromatic rings. The van der Waals surface area contributed by atoms with Crippen molar-refractivity contribution in [1.29, 1.82) is 0 Å². The molecule has 0 aliphatic carbocycles. The Kier molecular flexibility index (Phi) is 4.37. The van der Waals surface area contributed by atoms with E-state index >= 15 is 0 Å². The molecule has 130 valence electrons. The van der Waals surface area contributed by atoms with E-state index in [0.29, 0.717) is 18.1 Å². The van der Waals surface area contributed by atoms with Crippen LogP contribution in [0.15, 0.2) is 30.6 Å². The molecule has 0 unspecified atom stereocenters. The molecule has 3 heterocycles. The molecule has 0 atom stereocenters. The summed E-state index contributed by atoms with van der Waals surface area (Å²) >= 11 is 0. The van der Waals surface area contributed by atoms with E-state index in [9.17, 15) is 4.79 Å². The first-order valence-electron chi connectivity index (χ1n) is 8.53. The summed E-state index contributed by atoms with van der Waals surface area (Å²) in [6.45, 7) is 2.48. The van der Waals surface area contributed by atoms with Gasteiger partial charge in [0.25, 0.3) is 5.91 Å². The van der Waals surface area contributed by atoms with Crippen molar-refractivity contribution in [2.75, 3.05) is 25.2 Å². The molecule has 4 rings (SSSR count). The number of amides is 1. The molecule has 7 heteroatoms. The first kappa shape index (κ1) is 15.7. The number of hydrogen-bond donors (Lipinski definition) is 1.